The molecule has 0 saturated carbocycles. The lowest BCUT2D eigenvalue weighted by Crippen LogP contribution is -2.33. The SMILES string of the molecule is CCCC(CCCCC[P+](c1ccccc1)(c1ccccc1)c1ccccc1)OC1CCCO1. The van der Waals surface area contributed by atoms with E-state index in [1.165, 1.54) is 47.8 Å². The number of ether oxygens (including phenoxy) is 2. The lowest BCUT2D eigenvalue weighted by molar-refractivity contribution is -0.147. The van der Waals surface area contributed by atoms with E-state index in [1.54, 1.807) is 0 Å². The first kappa shape index (κ1) is 25.1. The van der Waals surface area contributed by atoms with Crippen LogP contribution in [0.2, 0.25) is 0 Å². The lowest BCUT2D eigenvalue weighted by Gasteiger charge is -2.28. The Hall–Kier alpha value is -1.99. The highest BCUT2D eigenvalue weighted by Gasteiger charge is 2.44. The lowest BCUT2D eigenvalue weighted by atomic mass is 10.1. The Kier molecular flexibility index (Phi) is 9.74. The molecular formula is C31H40O2P+. The predicted octanol–water partition coefficient (Wildman–Crippen LogP) is 6.86. The van der Waals surface area contributed by atoms with Crippen molar-refractivity contribution in [3.05, 3.63) is 91.0 Å². The van der Waals surface area contributed by atoms with Gasteiger partial charge in [0.2, 0.25) is 0 Å². The average Bonchev–Trinajstić information content (AvgIpc) is 3.41. The largest absolute Gasteiger partial charge is 0.353 e. The molecule has 0 spiro atoms. The van der Waals surface area contributed by atoms with Gasteiger partial charge in [-0.25, -0.2) is 0 Å². The average molecular weight is 476 g/mol. The van der Waals surface area contributed by atoms with Gasteiger partial charge in [0.25, 0.3) is 0 Å². The third kappa shape index (κ3) is 6.36. The molecule has 0 aliphatic carbocycles. The van der Waals surface area contributed by atoms with Crippen molar-refractivity contribution in [3.8, 4) is 0 Å². The zero-order chi connectivity index (χ0) is 23.5. The first-order valence-corrected chi connectivity index (χ1v) is 15.1. The maximum absolute atomic E-state index is 6.29. The Balaban J connectivity index is 1.48. The summed E-state index contributed by atoms with van der Waals surface area (Å²) in [5.41, 5.74) is 0. The molecule has 2 atom stereocenters. The van der Waals surface area contributed by atoms with Gasteiger partial charge in [0.05, 0.1) is 12.3 Å². The molecule has 0 aromatic heterocycles. The predicted molar refractivity (Wildman–Crippen MR) is 147 cm³/mol. The molecule has 2 nitrogen and oxygen atoms in total. The van der Waals surface area contributed by atoms with Crippen molar-refractivity contribution in [1.82, 2.24) is 0 Å². The zero-order valence-electron chi connectivity index (χ0n) is 20.6. The summed E-state index contributed by atoms with van der Waals surface area (Å²) in [5.74, 6) is 0. The summed E-state index contributed by atoms with van der Waals surface area (Å²) in [6.07, 6.45) is 10.9. The highest BCUT2D eigenvalue weighted by Crippen LogP contribution is 2.56. The van der Waals surface area contributed by atoms with Crippen LogP contribution in [0.4, 0.5) is 0 Å². The van der Waals surface area contributed by atoms with Gasteiger partial charge >= 0.3 is 0 Å². The van der Waals surface area contributed by atoms with Crippen molar-refractivity contribution in [2.24, 2.45) is 0 Å². The minimum atomic E-state index is -1.71. The van der Waals surface area contributed by atoms with Crippen molar-refractivity contribution in [2.75, 3.05) is 12.8 Å². The van der Waals surface area contributed by atoms with Gasteiger partial charge in [-0.1, -0.05) is 74.4 Å². The second-order valence-electron chi connectivity index (χ2n) is 9.38. The molecule has 0 amide bonds. The number of hydrogen-bond donors (Lipinski definition) is 0. The fraction of sp³-hybridized carbons (Fsp3) is 0.419. The molecule has 3 aromatic carbocycles. The topological polar surface area (TPSA) is 18.5 Å². The van der Waals surface area contributed by atoms with Gasteiger partial charge in [0, 0.05) is 13.0 Å². The standard InChI is InChI=1S/C31H40O2P/c1-2-16-27(33-31-24-15-25-32-31)17-7-6-14-26-34(28-18-8-3-9-19-28,29-20-10-4-11-21-29)30-22-12-5-13-23-30/h3-5,8-13,18-23,27,31H,2,6-7,14-17,24-26H2,1H3/q+1. The molecule has 3 aromatic rings. The van der Waals surface area contributed by atoms with Crippen LogP contribution < -0.4 is 15.9 Å². The van der Waals surface area contributed by atoms with Crippen molar-refractivity contribution in [3.63, 3.8) is 0 Å². The Morgan fingerprint density at radius 3 is 1.79 bits per heavy atom. The smallest absolute Gasteiger partial charge is 0.158 e. The highest BCUT2D eigenvalue weighted by atomic mass is 31.2. The second-order valence-corrected chi connectivity index (χ2v) is 13.0. The van der Waals surface area contributed by atoms with Gasteiger partial charge in [-0.05, 0) is 68.5 Å². The fourth-order valence-corrected chi connectivity index (χ4v) is 9.66. The molecular weight excluding hydrogens is 435 g/mol. The van der Waals surface area contributed by atoms with E-state index < -0.39 is 7.26 Å². The summed E-state index contributed by atoms with van der Waals surface area (Å²) in [6, 6.07) is 33.7. The number of unbranched alkanes of at least 4 members (excludes halogenated alkanes) is 2. The summed E-state index contributed by atoms with van der Waals surface area (Å²) >= 11 is 0. The van der Waals surface area contributed by atoms with E-state index >= 15 is 0 Å². The molecule has 1 aliphatic heterocycles. The van der Waals surface area contributed by atoms with Gasteiger partial charge in [0.1, 0.15) is 23.2 Å². The van der Waals surface area contributed by atoms with Gasteiger partial charge < -0.3 is 9.47 Å². The van der Waals surface area contributed by atoms with E-state index in [4.69, 9.17) is 9.47 Å². The molecule has 1 fully saturated rings. The van der Waals surface area contributed by atoms with Crippen LogP contribution >= 0.6 is 7.26 Å². The molecule has 2 unspecified atom stereocenters. The van der Waals surface area contributed by atoms with Gasteiger partial charge in [-0.15, -0.1) is 0 Å². The maximum Gasteiger partial charge on any atom is 0.158 e. The van der Waals surface area contributed by atoms with Crippen LogP contribution in [0.3, 0.4) is 0 Å². The number of benzene rings is 3. The summed E-state index contributed by atoms with van der Waals surface area (Å²) in [4.78, 5) is 0. The molecule has 4 rings (SSSR count). The zero-order valence-corrected chi connectivity index (χ0v) is 21.5. The Morgan fingerprint density at radius 2 is 1.32 bits per heavy atom. The molecule has 0 radical (unpaired) electrons. The van der Waals surface area contributed by atoms with Crippen molar-refractivity contribution in [1.29, 1.82) is 0 Å². The first-order valence-electron chi connectivity index (χ1n) is 13.1. The van der Waals surface area contributed by atoms with Crippen LogP contribution in [0, 0.1) is 0 Å². The normalized spacial score (nSPS) is 17.0. The van der Waals surface area contributed by atoms with Crippen LogP contribution in [0.1, 0.15) is 58.3 Å². The molecule has 1 aliphatic rings. The molecule has 1 saturated heterocycles. The third-order valence-corrected chi connectivity index (χ3v) is 11.5. The number of hydrogen-bond acceptors (Lipinski definition) is 2. The number of rotatable bonds is 13. The van der Waals surface area contributed by atoms with Crippen molar-refractivity contribution < 1.29 is 9.47 Å². The van der Waals surface area contributed by atoms with E-state index in [-0.39, 0.29) is 6.29 Å². The summed E-state index contributed by atoms with van der Waals surface area (Å²) in [7, 11) is -1.71. The Bertz CT molecular complexity index is 842. The summed E-state index contributed by atoms with van der Waals surface area (Å²) in [5, 5.41) is 4.45. The van der Waals surface area contributed by atoms with E-state index in [9.17, 15) is 0 Å². The van der Waals surface area contributed by atoms with Crippen LogP contribution in [-0.4, -0.2) is 25.2 Å². The van der Waals surface area contributed by atoms with E-state index in [2.05, 4.69) is 97.9 Å². The van der Waals surface area contributed by atoms with Gasteiger partial charge in [-0.2, -0.15) is 0 Å². The van der Waals surface area contributed by atoms with Crippen LogP contribution in [-0.2, 0) is 9.47 Å². The highest BCUT2D eigenvalue weighted by molar-refractivity contribution is 7.95. The van der Waals surface area contributed by atoms with Crippen molar-refractivity contribution >= 4 is 23.2 Å². The van der Waals surface area contributed by atoms with Gasteiger partial charge in [-0.3, -0.25) is 0 Å². The minimum absolute atomic E-state index is 0.0318. The molecule has 3 heteroatoms. The summed E-state index contributed by atoms with van der Waals surface area (Å²) in [6.45, 7) is 3.11. The van der Waals surface area contributed by atoms with E-state index in [0.717, 1.165) is 32.3 Å². The summed E-state index contributed by atoms with van der Waals surface area (Å²) < 4.78 is 12.0. The van der Waals surface area contributed by atoms with Crippen molar-refractivity contribution in [2.45, 2.75) is 70.7 Å². The maximum atomic E-state index is 6.29. The second kappa shape index (κ2) is 13.2. The first-order chi connectivity index (χ1) is 16.8. The Morgan fingerprint density at radius 1 is 0.765 bits per heavy atom. The van der Waals surface area contributed by atoms with E-state index in [1.807, 2.05) is 0 Å². The third-order valence-electron chi connectivity index (χ3n) is 6.95. The fourth-order valence-electron chi connectivity index (χ4n) is 5.25. The quantitative estimate of drug-likeness (QED) is 0.199. The molecule has 180 valence electrons. The minimum Gasteiger partial charge on any atom is -0.353 e. The van der Waals surface area contributed by atoms with Gasteiger partial charge in [0.15, 0.2) is 6.29 Å². The van der Waals surface area contributed by atoms with Crippen LogP contribution in [0.15, 0.2) is 91.0 Å². The van der Waals surface area contributed by atoms with Crippen LogP contribution in [0.5, 0.6) is 0 Å². The molecule has 0 N–H and O–H groups in total. The monoisotopic (exact) mass is 475 g/mol. The molecule has 34 heavy (non-hydrogen) atoms. The van der Waals surface area contributed by atoms with E-state index in [0.29, 0.717) is 6.10 Å². The Labute approximate surface area is 207 Å². The molecule has 1 heterocycles. The molecule has 0 bridgehead atoms. The van der Waals surface area contributed by atoms with Crippen LogP contribution in [0.25, 0.3) is 0 Å².